The maximum absolute atomic E-state index is 3.68. The van der Waals surface area contributed by atoms with Gasteiger partial charge in [0.25, 0.3) is 0 Å². The Labute approximate surface area is 81.4 Å². The van der Waals surface area contributed by atoms with Crippen molar-refractivity contribution >= 4 is 0 Å². The summed E-state index contributed by atoms with van der Waals surface area (Å²) in [5, 5.41) is 0. The molecular formula is C12H19N. The molecule has 1 heterocycles. The average Bonchev–Trinajstić information content (AvgIpc) is 2.54. The van der Waals surface area contributed by atoms with E-state index in [0.717, 1.165) is 0 Å². The van der Waals surface area contributed by atoms with Crippen LogP contribution in [0.25, 0.3) is 0 Å². The summed E-state index contributed by atoms with van der Waals surface area (Å²) in [6.07, 6.45) is 10.8. The SMILES string of the molecule is C=C/C=C\C(=C/C)C1CCCN1C. The molecular weight excluding hydrogens is 158 g/mol. The molecule has 13 heavy (non-hydrogen) atoms. The summed E-state index contributed by atoms with van der Waals surface area (Å²) in [5.74, 6) is 0. The van der Waals surface area contributed by atoms with Gasteiger partial charge in [0.1, 0.15) is 0 Å². The zero-order valence-electron chi connectivity index (χ0n) is 8.66. The molecule has 1 fully saturated rings. The van der Waals surface area contributed by atoms with Gasteiger partial charge in [-0.2, -0.15) is 0 Å². The fourth-order valence-corrected chi connectivity index (χ4v) is 1.91. The van der Waals surface area contributed by atoms with Gasteiger partial charge in [-0.3, -0.25) is 4.90 Å². The second kappa shape index (κ2) is 5.03. The van der Waals surface area contributed by atoms with Crippen LogP contribution in [0.15, 0.2) is 36.5 Å². The molecule has 1 aliphatic heterocycles. The van der Waals surface area contributed by atoms with Crippen molar-refractivity contribution in [2.45, 2.75) is 25.8 Å². The standard InChI is InChI=1S/C12H19N/c1-4-6-8-11(5-2)12-9-7-10-13(12)3/h4-6,8,12H,1,7,9-10H2,2-3H3/b8-6-,11-5+. The lowest BCUT2D eigenvalue weighted by molar-refractivity contribution is 0.348. The van der Waals surface area contributed by atoms with Crippen molar-refractivity contribution in [3.63, 3.8) is 0 Å². The van der Waals surface area contributed by atoms with E-state index in [-0.39, 0.29) is 0 Å². The lowest BCUT2D eigenvalue weighted by Crippen LogP contribution is -2.25. The van der Waals surface area contributed by atoms with Gasteiger partial charge >= 0.3 is 0 Å². The van der Waals surface area contributed by atoms with E-state index in [0.29, 0.717) is 6.04 Å². The van der Waals surface area contributed by atoms with Crippen molar-refractivity contribution in [3.05, 3.63) is 36.5 Å². The maximum Gasteiger partial charge on any atom is 0.0342 e. The molecule has 1 nitrogen and oxygen atoms in total. The highest BCUT2D eigenvalue weighted by Crippen LogP contribution is 2.22. The van der Waals surface area contributed by atoms with Crippen molar-refractivity contribution in [3.8, 4) is 0 Å². The molecule has 0 aromatic heterocycles. The number of likely N-dealkylation sites (N-methyl/N-ethyl adjacent to an activating group) is 1. The Kier molecular flexibility index (Phi) is 3.97. The molecule has 1 atom stereocenters. The molecule has 1 saturated heterocycles. The van der Waals surface area contributed by atoms with Gasteiger partial charge in [-0.15, -0.1) is 0 Å². The maximum atomic E-state index is 3.68. The summed E-state index contributed by atoms with van der Waals surface area (Å²) in [6.45, 7) is 7.02. The third-order valence-corrected chi connectivity index (χ3v) is 2.66. The fourth-order valence-electron chi connectivity index (χ4n) is 1.91. The Morgan fingerprint density at radius 3 is 2.77 bits per heavy atom. The topological polar surface area (TPSA) is 3.24 Å². The second-order valence-corrected chi connectivity index (χ2v) is 3.52. The first-order chi connectivity index (χ1) is 6.29. The zero-order valence-corrected chi connectivity index (χ0v) is 8.66. The summed E-state index contributed by atoms with van der Waals surface area (Å²) in [5.41, 5.74) is 1.42. The molecule has 0 saturated carbocycles. The Morgan fingerprint density at radius 1 is 1.54 bits per heavy atom. The van der Waals surface area contributed by atoms with Gasteiger partial charge in [0.05, 0.1) is 0 Å². The van der Waals surface area contributed by atoms with Crippen LogP contribution in [-0.2, 0) is 0 Å². The molecule has 1 aliphatic rings. The lowest BCUT2D eigenvalue weighted by Gasteiger charge is -2.20. The Hall–Kier alpha value is -0.820. The molecule has 1 heteroatoms. The Balaban J connectivity index is 2.66. The minimum absolute atomic E-state index is 0.626. The Morgan fingerprint density at radius 2 is 2.31 bits per heavy atom. The normalized spacial score (nSPS) is 25.7. The molecule has 0 spiro atoms. The number of hydrogen-bond donors (Lipinski definition) is 0. The molecule has 0 aromatic carbocycles. The molecule has 0 N–H and O–H groups in total. The molecule has 0 aliphatic carbocycles. The van der Waals surface area contributed by atoms with Crippen LogP contribution in [-0.4, -0.2) is 24.5 Å². The first-order valence-corrected chi connectivity index (χ1v) is 4.95. The summed E-state index contributed by atoms with van der Waals surface area (Å²) < 4.78 is 0. The largest absolute Gasteiger partial charge is 0.299 e. The molecule has 1 unspecified atom stereocenters. The van der Waals surface area contributed by atoms with Crippen LogP contribution in [0.1, 0.15) is 19.8 Å². The number of likely N-dealkylation sites (tertiary alicyclic amines) is 1. The van der Waals surface area contributed by atoms with E-state index in [4.69, 9.17) is 0 Å². The lowest BCUT2D eigenvalue weighted by atomic mass is 10.0. The second-order valence-electron chi connectivity index (χ2n) is 3.52. The molecule has 72 valence electrons. The molecule has 0 amide bonds. The summed E-state index contributed by atoms with van der Waals surface area (Å²) >= 11 is 0. The third kappa shape index (κ3) is 2.56. The molecule has 0 bridgehead atoms. The highest BCUT2D eigenvalue weighted by Gasteiger charge is 2.22. The molecule has 1 rings (SSSR count). The first-order valence-electron chi connectivity index (χ1n) is 4.95. The summed E-state index contributed by atoms with van der Waals surface area (Å²) in [4.78, 5) is 2.42. The minimum atomic E-state index is 0.626. The van der Waals surface area contributed by atoms with E-state index in [1.807, 2.05) is 12.2 Å². The van der Waals surface area contributed by atoms with Crippen LogP contribution in [0.2, 0.25) is 0 Å². The van der Waals surface area contributed by atoms with Crippen molar-refractivity contribution < 1.29 is 0 Å². The van der Waals surface area contributed by atoms with E-state index >= 15 is 0 Å². The van der Waals surface area contributed by atoms with Crippen molar-refractivity contribution in [1.29, 1.82) is 0 Å². The van der Waals surface area contributed by atoms with E-state index in [2.05, 4.69) is 37.6 Å². The number of rotatable bonds is 3. The van der Waals surface area contributed by atoms with Gasteiger partial charge in [0.15, 0.2) is 0 Å². The van der Waals surface area contributed by atoms with Crippen molar-refractivity contribution in [1.82, 2.24) is 4.90 Å². The number of nitrogens with zero attached hydrogens (tertiary/aromatic N) is 1. The van der Waals surface area contributed by atoms with Crippen LogP contribution in [0.3, 0.4) is 0 Å². The number of allylic oxidation sites excluding steroid dienone is 3. The zero-order chi connectivity index (χ0) is 9.68. The number of hydrogen-bond acceptors (Lipinski definition) is 1. The van der Waals surface area contributed by atoms with Crippen LogP contribution in [0.4, 0.5) is 0 Å². The quantitative estimate of drug-likeness (QED) is 0.599. The van der Waals surface area contributed by atoms with Crippen molar-refractivity contribution in [2.75, 3.05) is 13.6 Å². The van der Waals surface area contributed by atoms with Gasteiger partial charge in [-0.1, -0.05) is 30.9 Å². The van der Waals surface area contributed by atoms with Gasteiger partial charge in [0, 0.05) is 6.04 Å². The predicted octanol–water partition coefficient (Wildman–Crippen LogP) is 2.77. The average molecular weight is 177 g/mol. The predicted molar refractivity (Wildman–Crippen MR) is 58.7 cm³/mol. The first kappa shape index (κ1) is 10.3. The smallest absolute Gasteiger partial charge is 0.0342 e. The summed E-state index contributed by atoms with van der Waals surface area (Å²) in [7, 11) is 2.20. The molecule has 0 radical (unpaired) electrons. The monoisotopic (exact) mass is 177 g/mol. The summed E-state index contributed by atoms with van der Waals surface area (Å²) in [6, 6.07) is 0.626. The van der Waals surface area contributed by atoms with E-state index in [9.17, 15) is 0 Å². The van der Waals surface area contributed by atoms with Gasteiger partial charge < -0.3 is 0 Å². The van der Waals surface area contributed by atoms with Gasteiger partial charge in [-0.05, 0) is 38.9 Å². The van der Waals surface area contributed by atoms with Gasteiger partial charge in [-0.25, -0.2) is 0 Å². The van der Waals surface area contributed by atoms with Gasteiger partial charge in [0.2, 0.25) is 0 Å². The van der Waals surface area contributed by atoms with Crippen LogP contribution < -0.4 is 0 Å². The van der Waals surface area contributed by atoms with Crippen LogP contribution in [0, 0.1) is 0 Å². The highest BCUT2D eigenvalue weighted by atomic mass is 15.1. The van der Waals surface area contributed by atoms with E-state index < -0.39 is 0 Å². The van der Waals surface area contributed by atoms with Crippen molar-refractivity contribution in [2.24, 2.45) is 0 Å². The van der Waals surface area contributed by atoms with Crippen LogP contribution >= 0.6 is 0 Å². The minimum Gasteiger partial charge on any atom is -0.299 e. The highest BCUT2D eigenvalue weighted by molar-refractivity contribution is 5.27. The Bertz CT molecular complexity index is 225. The fraction of sp³-hybridized carbons (Fsp3) is 0.500. The van der Waals surface area contributed by atoms with E-state index in [1.165, 1.54) is 25.0 Å². The van der Waals surface area contributed by atoms with E-state index in [1.54, 1.807) is 0 Å². The third-order valence-electron chi connectivity index (χ3n) is 2.66. The van der Waals surface area contributed by atoms with Crippen LogP contribution in [0.5, 0.6) is 0 Å². The molecule has 0 aromatic rings.